The van der Waals surface area contributed by atoms with Crippen LogP contribution in [0.5, 0.6) is 0 Å². The van der Waals surface area contributed by atoms with Crippen LogP contribution in [0.3, 0.4) is 0 Å². The minimum Gasteiger partial charge on any atom is -0.394 e. The molecule has 0 aliphatic carbocycles. The molecule has 0 aliphatic rings. The molecule has 0 fully saturated rings. The molecular weight excluding hydrogens is 420 g/mol. The van der Waals surface area contributed by atoms with Crippen molar-refractivity contribution in [3.8, 4) is 0 Å². The van der Waals surface area contributed by atoms with Crippen molar-refractivity contribution in [3.05, 3.63) is 29.8 Å². The summed E-state index contributed by atoms with van der Waals surface area (Å²) in [7, 11) is -6.66. The molecule has 0 spiro atoms. The Hall–Kier alpha value is -1.24. The summed E-state index contributed by atoms with van der Waals surface area (Å²) in [6.45, 7) is -0.598. The van der Waals surface area contributed by atoms with E-state index in [1.54, 1.807) is 0 Å². The van der Waals surface area contributed by atoms with Crippen LogP contribution in [0.15, 0.2) is 29.2 Å². The molecule has 1 aromatic carbocycles. The number of nitrogens with one attached hydrogen (secondary N) is 1. The van der Waals surface area contributed by atoms with Crippen molar-refractivity contribution in [2.24, 2.45) is 5.73 Å². The summed E-state index contributed by atoms with van der Waals surface area (Å²) in [5.41, 5.74) is 5.92. The summed E-state index contributed by atoms with van der Waals surface area (Å²) in [6, 6.07) is 3.16. The van der Waals surface area contributed by atoms with E-state index >= 15 is 0 Å². The summed E-state index contributed by atoms with van der Waals surface area (Å²) in [4.78, 5) is 12.1. The first-order valence-electron chi connectivity index (χ1n) is 7.68. The van der Waals surface area contributed by atoms with E-state index in [1.165, 1.54) is 24.3 Å². The van der Waals surface area contributed by atoms with Gasteiger partial charge in [0.05, 0.1) is 29.3 Å². The quantitative estimate of drug-likeness (QED) is 0.368. The zero-order valence-electron chi connectivity index (χ0n) is 14.9. The predicted molar refractivity (Wildman–Crippen MR) is 103 cm³/mol. The van der Waals surface area contributed by atoms with Gasteiger partial charge in [-0.3, -0.25) is 4.79 Å². The maximum atomic E-state index is 12.0. The lowest BCUT2D eigenvalue weighted by molar-refractivity contribution is -0.124. The van der Waals surface area contributed by atoms with Crippen LogP contribution in [0.2, 0.25) is 0 Å². The molecule has 9 nitrogen and oxygen atoms in total. The van der Waals surface area contributed by atoms with Gasteiger partial charge in [-0.1, -0.05) is 12.1 Å². The Morgan fingerprint density at radius 2 is 1.67 bits per heavy atom. The molecule has 0 bridgehead atoms. The van der Waals surface area contributed by atoms with Crippen LogP contribution >= 0.6 is 12.4 Å². The van der Waals surface area contributed by atoms with Crippen molar-refractivity contribution in [3.63, 3.8) is 0 Å². The van der Waals surface area contributed by atoms with Gasteiger partial charge in [-0.2, -0.15) is 0 Å². The van der Waals surface area contributed by atoms with Crippen LogP contribution in [-0.2, 0) is 24.5 Å². The minimum absolute atomic E-state index is 0. The van der Waals surface area contributed by atoms with Crippen molar-refractivity contribution >= 4 is 38.0 Å². The number of sulfone groups is 2. The Morgan fingerprint density at radius 1 is 1.15 bits per heavy atom. The van der Waals surface area contributed by atoms with Crippen LogP contribution in [0.25, 0.3) is 0 Å². The van der Waals surface area contributed by atoms with E-state index in [1.807, 2.05) is 0 Å². The fourth-order valence-corrected chi connectivity index (χ4v) is 3.44. The van der Waals surface area contributed by atoms with E-state index in [9.17, 15) is 31.8 Å². The van der Waals surface area contributed by atoms with Gasteiger partial charge >= 0.3 is 0 Å². The number of hydrogen-bond donors (Lipinski definition) is 4. The first-order valence-corrected chi connectivity index (χ1v) is 11.6. The first kappa shape index (κ1) is 25.8. The van der Waals surface area contributed by atoms with E-state index < -0.39 is 50.4 Å². The number of aliphatic hydroxyl groups is 2. The molecule has 1 rings (SSSR count). The Bertz CT molecular complexity index is 826. The second-order valence-corrected chi connectivity index (χ2v) is 10.4. The number of aliphatic hydroxyl groups excluding tert-OH is 2. The van der Waals surface area contributed by atoms with Gasteiger partial charge in [0.15, 0.2) is 9.84 Å². The molecule has 0 aliphatic heterocycles. The second-order valence-electron chi connectivity index (χ2n) is 6.11. The smallest absolute Gasteiger partial charge is 0.237 e. The number of carbonyl (C=O) groups excluding carboxylic acids is 1. The van der Waals surface area contributed by atoms with E-state index in [4.69, 9.17) is 5.73 Å². The van der Waals surface area contributed by atoms with Crippen LogP contribution in [-0.4, -0.2) is 69.9 Å². The number of rotatable bonds is 9. The molecule has 12 heteroatoms. The molecule has 5 N–H and O–H groups in total. The molecule has 0 saturated carbocycles. The minimum atomic E-state index is -3.39. The molecular formula is C15H25ClN2O7S2. The van der Waals surface area contributed by atoms with Crippen molar-refractivity contribution in [1.82, 2.24) is 5.32 Å². The lowest BCUT2D eigenvalue weighted by atomic mass is 10.0. The number of amides is 1. The maximum Gasteiger partial charge on any atom is 0.237 e. The fraction of sp³-hybridized carbons (Fsp3) is 0.533. The highest BCUT2D eigenvalue weighted by Gasteiger charge is 2.25. The molecule has 0 saturated heterocycles. The lowest BCUT2D eigenvalue weighted by Crippen LogP contribution is -2.49. The van der Waals surface area contributed by atoms with Crippen LogP contribution in [0, 0.1) is 0 Å². The first-order chi connectivity index (χ1) is 11.8. The SMILES string of the molecule is CS(=O)(=O)CC[C@H](N)C(=O)N[C@H](CO)[C@H](O)c1ccc(S(C)(=O)=O)cc1.Cl. The highest BCUT2D eigenvalue weighted by Crippen LogP contribution is 2.19. The molecule has 0 radical (unpaired) electrons. The molecule has 3 atom stereocenters. The third-order valence-electron chi connectivity index (χ3n) is 3.69. The van der Waals surface area contributed by atoms with Gasteiger partial charge in [-0.25, -0.2) is 16.8 Å². The van der Waals surface area contributed by atoms with E-state index in [-0.39, 0.29) is 29.5 Å². The monoisotopic (exact) mass is 444 g/mol. The second kappa shape index (κ2) is 10.3. The zero-order valence-corrected chi connectivity index (χ0v) is 17.4. The van der Waals surface area contributed by atoms with Gasteiger partial charge in [-0.15, -0.1) is 12.4 Å². The number of nitrogens with two attached hydrogens (primary N) is 1. The van der Waals surface area contributed by atoms with Crippen molar-refractivity contribution < 1.29 is 31.8 Å². The summed E-state index contributed by atoms with van der Waals surface area (Å²) < 4.78 is 45.1. The lowest BCUT2D eigenvalue weighted by Gasteiger charge is -2.24. The Labute approximate surface area is 165 Å². The third kappa shape index (κ3) is 8.54. The molecule has 0 heterocycles. The van der Waals surface area contributed by atoms with Gasteiger partial charge in [0.25, 0.3) is 0 Å². The fourth-order valence-electron chi connectivity index (χ4n) is 2.13. The van der Waals surface area contributed by atoms with Crippen LogP contribution < -0.4 is 11.1 Å². The summed E-state index contributed by atoms with van der Waals surface area (Å²) in [6.07, 6.45) is 0.673. The molecule has 27 heavy (non-hydrogen) atoms. The van der Waals surface area contributed by atoms with Crippen molar-refractivity contribution in [2.45, 2.75) is 29.5 Å². The van der Waals surface area contributed by atoms with Gasteiger partial charge in [0, 0.05) is 12.5 Å². The highest BCUT2D eigenvalue weighted by molar-refractivity contribution is 7.91. The van der Waals surface area contributed by atoms with Gasteiger partial charge in [0.2, 0.25) is 5.91 Å². The molecule has 0 aromatic heterocycles. The normalized spacial score (nSPS) is 15.3. The molecule has 156 valence electrons. The number of halogens is 1. The maximum absolute atomic E-state index is 12.0. The average molecular weight is 445 g/mol. The number of hydrogen-bond acceptors (Lipinski definition) is 8. The largest absolute Gasteiger partial charge is 0.394 e. The average Bonchev–Trinajstić information content (AvgIpc) is 2.55. The Balaban J connectivity index is 0.00000676. The predicted octanol–water partition coefficient (Wildman–Crippen LogP) is -1.22. The van der Waals surface area contributed by atoms with Crippen molar-refractivity contribution in [1.29, 1.82) is 0 Å². The van der Waals surface area contributed by atoms with E-state index in [0.717, 1.165) is 12.5 Å². The number of carbonyl (C=O) groups is 1. The Kier molecular flexibility index (Phi) is 9.87. The molecule has 1 amide bonds. The van der Waals surface area contributed by atoms with Crippen LogP contribution in [0.4, 0.5) is 0 Å². The Morgan fingerprint density at radius 3 is 2.07 bits per heavy atom. The van der Waals surface area contributed by atoms with Crippen molar-refractivity contribution in [2.75, 3.05) is 24.9 Å². The van der Waals surface area contributed by atoms with Gasteiger partial charge in [0.1, 0.15) is 15.9 Å². The van der Waals surface area contributed by atoms with Gasteiger partial charge < -0.3 is 21.3 Å². The summed E-state index contributed by atoms with van der Waals surface area (Å²) in [5.74, 6) is -0.972. The molecule has 0 unspecified atom stereocenters. The van der Waals surface area contributed by atoms with Gasteiger partial charge in [-0.05, 0) is 24.1 Å². The van der Waals surface area contributed by atoms with Crippen LogP contribution in [0.1, 0.15) is 18.1 Å². The molecule has 1 aromatic rings. The zero-order chi connectivity index (χ0) is 20.1. The van der Waals surface area contributed by atoms with E-state index in [2.05, 4.69) is 5.32 Å². The number of benzene rings is 1. The van der Waals surface area contributed by atoms with E-state index in [0.29, 0.717) is 5.56 Å². The summed E-state index contributed by atoms with van der Waals surface area (Å²) >= 11 is 0. The third-order valence-corrected chi connectivity index (χ3v) is 5.80. The summed E-state index contributed by atoms with van der Waals surface area (Å²) in [5, 5.41) is 22.1. The topological polar surface area (TPSA) is 164 Å². The standard InChI is InChI=1S/C15H24N2O7S2.ClH/c1-25(21,22)8-7-12(16)15(20)17-13(9-18)14(19)10-3-5-11(6-4-10)26(2,23)24;/h3-6,12-14,18-19H,7-9,16H2,1-2H3,(H,17,20);1H/t12-,13+,14+;/m0./s1. The highest BCUT2D eigenvalue weighted by atomic mass is 35.5.